The standard InChI is InChI=1S/C11H12N2O5/c14-8-3-4-12(6-8)9-2-1-7(11(15)16)5-10(9)13(17)18/h1-2,5,8,14H,3-4,6H2,(H,15,16)/t8-/m1/s1. The summed E-state index contributed by atoms with van der Waals surface area (Å²) in [5, 5.41) is 29.2. The maximum atomic E-state index is 11.0. The molecule has 1 saturated heterocycles. The van der Waals surface area contributed by atoms with Crippen molar-refractivity contribution in [3.63, 3.8) is 0 Å². The van der Waals surface area contributed by atoms with Gasteiger partial charge in [-0.15, -0.1) is 0 Å². The van der Waals surface area contributed by atoms with Gasteiger partial charge in [-0.3, -0.25) is 10.1 Å². The number of nitrogens with zero attached hydrogens (tertiary/aromatic N) is 2. The Labute approximate surface area is 102 Å². The van der Waals surface area contributed by atoms with E-state index < -0.39 is 17.0 Å². The SMILES string of the molecule is O=C(O)c1ccc(N2CC[C@@H](O)C2)c([N+](=O)[O-])c1. The summed E-state index contributed by atoms with van der Waals surface area (Å²) in [5.41, 5.74) is -0.0178. The third-order valence-corrected chi connectivity index (χ3v) is 2.92. The molecule has 0 bridgehead atoms. The number of aliphatic hydroxyl groups excluding tert-OH is 1. The highest BCUT2D eigenvalue weighted by Gasteiger charge is 2.27. The number of hydrogen-bond acceptors (Lipinski definition) is 5. The lowest BCUT2D eigenvalue weighted by Crippen LogP contribution is -2.22. The van der Waals surface area contributed by atoms with Crippen LogP contribution >= 0.6 is 0 Å². The molecule has 0 radical (unpaired) electrons. The molecule has 0 spiro atoms. The van der Waals surface area contributed by atoms with Crippen molar-refractivity contribution < 1.29 is 19.9 Å². The van der Waals surface area contributed by atoms with Crippen molar-refractivity contribution in [2.24, 2.45) is 0 Å². The Bertz CT molecular complexity index is 502. The quantitative estimate of drug-likeness (QED) is 0.610. The predicted molar refractivity (Wildman–Crippen MR) is 62.9 cm³/mol. The van der Waals surface area contributed by atoms with E-state index in [4.69, 9.17) is 5.11 Å². The second-order valence-corrected chi connectivity index (χ2v) is 4.15. The van der Waals surface area contributed by atoms with Crippen LogP contribution in [-0.2, 0) is 0 Å². The molecule has 0 amide bonds. The second-order valence-electron chi connectivity index (χ2n) is 4.15. The van der Waals surface area contributed by atoms with Crippen molar-refractivity contribution in [3.05, 3.63) is 33.9 Å². The molecular formula is C11H12N2O5. The van der Waals surface area contributed by atoms with Crippen LogP contribution in [-0.4, -0.2) is 40.3 Å². The first-order valence-electron chi connectivity index (χ1n) is 5.44. The Morgan fingerprint density at radius 3 is 2.72 bits per heavy atom. The van der Waals surface area contributed by atoms with E-state index in [9.17, 15) is 20.0 Å². The summed E-state index contributed by atoms with van der Waals surface area (Å²) < 4.78 is 0. The second kappa shape index (κ2) is 4.61. The summed E-state index contributed by atoms with van der Waals surface area (Å²) in [6.45, 7) is 0.849. The summed E-state index contributed by atoms with van der Waals surface area (Å²) in [6, 6.07) is 3.79. The van der Waals surface area contributed by atoms with Gasteiger partial charge in [0.15, 0.2) is 0 Å². The van der Waals surface area contributed by atoms with Crippen LogP contribution in [0.3, 0.4) is 0 Å². The molecule has 1 aromatic carbocycles. The van der Waals surface area contributed by atoms with Gasteiger partial charge in [-0.05, 0) is 18.6 Å². The van der Waals surface area contributed by atoms with E-state index in [1.54, 1.807) is 4.90 Å². The fourth-order valence-electron chi connectivity index (χ4n) is 2.03. The van der Waals surface area contributed by atoms with Gasteiger partial charge in [-0.1, -0.05) is 0 Å². The molecule has 2 rings (SSSR count). The average Bonchev–Trinajstić information content (AvgIpc) is 2.74. The maximum absolute atomic E-state index is 11.0. The smallest absolute Gasteiger partial charge is 0.335 e. The van der Waals surface area contributed by atoms with Gasteiger partial charge in [0.05, 0.1) is 16.6 Å². The minimum absolute atomic E-state index is 0.120. The number of carboxylic acids is 1. The van der Waals surface area contributed by atoms with Gasteiger partial charge in [0, 0.05) is 19.2 Å². The maximum Gasteiger partial charge on any atom is 0.335 e. The van der Waals surface area contributed by atoms with E-state index in [-0.39, 0.29) is 11.3 Å². The number of nitro benzene ring substituents is 1. The highest BCUT2D eigenvalue weighted by atomic mass is 16.6. The molecule has 18 heavy (non-hydrogen) atoms. The molecule has 1 atom stereocenters. The monoisotopic (exact) mass is 252 g/mol. The molecule has 0 unspecified atom stereocenters. The van der Waals surface area contributed by atoms with Crippen molar-refractivity contribution in [3.8, 4) is 0 Å². The van der Waals surface area contributed by atoms with E-state index in [1.165, 1.54) is 12.1 Å². The Balaban J connectivity index is 2.41. The van der Waals surface area contributed by atoms with Crippen LogP contribution in [0.25, 0.3) is 0 Å². The van der Waals surface area contributed by atoms with Crippen LogP contribution in [0.4, 0.5) is 11.4 Å². The zero-order valence-corrected chi connectivity index (χ0v) is 9.44. The number of carbonyl (C=O) groups is 1. The van der Waals surface area contributed by atoms with Crippen molar-refractivity contribution in [1.82, 2.24) is 0 Å². The number of carboxylic acid groups (broad SMARTS) is 1. The van der Waals surface area contributed by atoms with Gasteiger partial charge in [0.1, 0.15) is 5.69 Å². The van der Waals surface area contributed by atoms with Gasteiger partial charge in [-0.2, -0.15) is 0 Å². The number of benzene rings is 1. The van der Waals surface area contributed by atoms with Crippen LogP contribution < -0.4 is 4.90 Å². The number of β-amino-alcohol motifs (C(OH)–C–C–N with tert-alkyl or cyclic N) is 1. The number of hydrogen-bond donors (Lipinski definition) is 2. The van der Waals surface area contributed by atoms with Gasteiger partial charge in [-0.25, -0.2) is 4.79 Å². The first-order valence-corrected chi connectivity index (χ1v) is 5.44. The molecule has 1 aliphatic heterocycles. The lowest BCUT2D eigenvalue weighted by Gasteiger charge is -2.17. The molecule has 1 fully saturated rings. The average molecular weight is 252 g/mol. The molecule has 0 saturated carbocycles. The summed E-state index contributed by atoms with van der Waals surface area (Å²) in [7, 11) is 0. The van der Waals surface area contributed by atoms with Crippen molar-refractivity contribution in [1.29, 1.82) is 0 Å². The molecule has 7 heteroatoms. The van der Waals surface area contributed by atoms with Gasteiger partial charge < -0.3 is 15.1 Å². The molecule has 0 aliphatic carbocycles. The summed E-state index contributed by atoms with van der Waals surface area (Å²) in [4.78, 5) is 22.8. The predicted octanol–water partition coefficient (Wildman–Crippen LogP) is 0.864. The summed E-state index contributed by atoms with van der Waals surface area (Å²) in [5.74, 6) is -1.20. The first-order chi connectivity index (χ1) is 8.49. The summed E-state index contributed by atoms with van der Waals surface area (Å²) in [6.07, 6.45) is 0.0569. The highest BCUT2D eigenvalue weighted by Crippen LogP contribution is 2.31. The highest BCUT2D eigenvalue weighted by molar-refractivity contribution is 5.89. The van der Waals surface area contributed by atoms with E-state index in [0.717, 1.165) is 6.07 Å². The normalized spacial score (nSPS) is 18.9. The third-order valence-electron chi connectivity index (χ3n) is 2.92. The van der Waals surface area contributed by atoms with Gasteiger partial charge >= 0.3 is 5.97 Å². The van der Waals surface area contributed by atoms with E-state index in [2.05, 4.69) is 0 Å². The number of rotatable bonds is 3. The van der Waals surface area contributed by atoms with Gasteiger partial charge in [0.25, 0.3) is 5.69 Å². The fourth-order valence-corrected chi connectivity index (χ4v) is 2.03. The largest absolute Gasteiger partial charge is 0.478 e. The molecule has 1 aromatic rings. The number of anilines is 1. The van der Waals surface area contributed by atoms with Crippen LogP contribution in [0.2, 0.25) is 0 Å². The van der Waals surface area contributed by atoms with Crippen molar-refractivity contribution >= 4 is 17.3 Å². The lowest BCUT2D eigenvalue weighted by molar-refractivity contribution is -0.384. The zero-order valence-electron chi connectivity index (χ0n) is 9.44. The number of aromatic carboxylic acids is 1. The van der Waals surface area contributed by atoms with Crippen LogP contribution in [0.15, 0.2) is 18.2 Å². The fraction of sp³-hybridized carbons (Fsp3) is 0.364. The molecule has 2 N–H and O–H groups in total. The van der Waals surface area contributed by atoms with E-state index in [1.807, 2.05) is 0 Å². The van der Waals surface area contributed by atoms with Crippen molar-refractivity contribution in [2.75, 3.05) is 18.0 Å². The Hall–Kier alpha value is -2.15. The van der Waals surface area contributed by atoms with Crippen LogP contribution in [0, 0.1) is 10.1 Å². The number of nitro groups is 1. The van der Waals surface area contributed by atoms with E-state index in [0.29, 0.717) is 25.2 Å². The summed E-state index contributed by atoms with van der Waals surface area (Å²) >= 11 is 0. The molecule has 1 heterocycles. The Morgan fingerprint density at radius 1 is 1.50 bits per heavy atom. The van der Waals surface area contributed by atoms with E-state index >= 15 is 0 Å². The van der Waals surface area contributed by atoms with Crippen LogP contribution in [0.5, 0.6) is 0 Å². The minimum atomic E-state index is -1.20. The first kappa shape index (κ1) is 12.3. The molecule has 96 valence electrons. The molecule has 7 nitrogen and oxygen atoms in total. The molecule has 0 aromatic heterocycles. The third kappa shape index (κ3) is 2.25. The Kier molecular flexibility index (Phi) is 3.15. The minimum Gasteiger partial charge on any atom is -0.478 e. The van der Waals surface area contributed by atoms with Crippen molar-refractivity contribution in [2.45, 2.75) is 12.5 Å². The zero-order chi connectivity index (χ0) is 13.3. The Morgan fingerprint density at radius 2 is 2.22 bits per heavy atom. The number of aliphatic hydroxyl groups is 1. The molecule has 1 aliphatic rings. The van der Waals surface area contributed by atoms with Gasteiger partial charge in [0.2, 0.25) is 0 Å². The van der Waals surface area contributed by atoms with Crippen LogP contribution in [0.1, 0.15) is 16.8 Å². The molecular weight excluding hydrogens is 240 g/mol. The topological polar surface area (TPSA) is 104 Å². The lowest BCUT2D eigenvalue weighted by atomic mass is 10.1.